The van der Waals surface area contributed by atoms with E-state index in [0.29, 0.717) is 0 Å². The van der Waals surface area contributed by atoms with Crippen molar-refractivity contribution in [2.24, 2.45) is 5.92 Å². The second-order valence-electron chi connectivity index (χ2n) is 3.12. The Morgan fingerprint density at radius 2 is 2.25 bits per heavy atom. The van der Waals surface area contributed by atoms with Gasteiger partial charge in [0.1, 0.15) is 0 Å². The second kappa shape index (κ2) is 6.70. The average Bonchev–Trinajstić information content (AvgIpc) is 2.11. The lowest BCUT2D eigenvalue weighted by Crippen LogP contribution is -1.92. The maximum atomic E-state index is 8.59. The maximum Gasteiger partial charge on any atom is 0.0656 e. The molecule has 0 aliphatic carbocycles. The van der Waals surface area contributed by atoms with Crippen molar-refractivity contribution in [3.05, 3.63) is 17.9 Å². The monoisotopic (exact) mass is 163 g/mol. The quantitative estimate of drug-likeness (QED) is 0.569. The van der Waals surface area contributed by atoms with Gasteiger partial charge < -0.3 is 0 Å². The highest BCUT2D eigenvalue weighted by Crippen LogP contribution is 2.15. The third-order valence-electron chi connectivity index (χ3n) is 1.86. The van der Waals surface area contributed by atoms with E-state index in [1.165, 1.54) is 18.4 Å². The van der Waals surface area contributed by atoms with Crippen LogP contribution in [0.3, 0.4) is 0 Å². The summed E-state index contributed by atoms with van der Waals surface area (Å²) in [6.07, 6.45) is 4.24. The van der Waals surface area contributed by atoms with Crippen molar-refractivity contribution >= 4 is 0 Å². The number of unbranched alkanes of at least 4 members (excludes halogenated alkanes) is 1. The molecule has 0 rings (SSSR count). The molecule has 0 saturated carbocycles. The van der Waals surface area contributed by atoms with Gasteiger partial charge in [-0.25, -0.2) is 0 Å². The van der Waals surface area contributed by atoms with Gasteiger partial charge in [-0.1, -0.05) is 19.9 Å². The largest absolute Gasteiger partial charge is 0.198 e. The first-order chi connectivity index (χ1) is 5.74. The van der Waals surface area contributed by atoms with E-state index in [4.69, 9.17) is 5.26 Å². The number of nitriles is 1. The molecule has 66 valence electrons. The maximum absolute atomic E-state index is 8.59. The number of allylic oxidation sites excluding steroid dienone is 1. The van der Waals surface area contributed by atoms with Crippen LogP contribution in [-0.2, 0) is 0 Å². The van der Waals surface area contributed by atoms with E-state index in [-0.39, 0.29) is 5.92 Å². The van der Waals surface area contributed by atoms with Crippen LogP contribution in [-0.4, -0.2) is 0 Å². The molecule has 1 atom stereocenters. The highest BCUT2D eigenvalue weighted by molar-refractivity contribution is 5.03. The number of nitrogens with zero attached hydrogens (tertiary/aromatic N) is 1. The Hall–Kier alpha value is -0.990. The van der Waals surface area contributed by atoms with Gasteiger partial charge in [0, 0.05) is 5.92 Å². The Labute approximate surface area is 75.4 Å². The highest BCUT2D eigenvalue weighted by atomic mass is 14.3. The summed E-state index contributed by atoms with van der Waals surface area (Å²) in [6.45, 7) is 7.72. The molecule has 0 aliphatic heterocycles. The van der Waals surface area contributed by atoms with E-state index in [1.807, 2.05) is 6.92 Å². The minimum Gasteiger partial charge on any atom is -0.198 e. The zero-order chi connectivity index (χ0) is 9.40. The van der Waals surface area contributed by atoms with Gasteiger partial charge in [-0.15, -0.1) is 5.73 Å². The van der Waals surface area contributed by atoms with Gasteiger partial charge in [-0.05, 0) is 31.8 Å². The van der Waals surface area contributed by atoms with Gasteiger partial charge >= 0.3 is 0 Å². The summed E-state index contributed by atoms with van der Waals surface area (Å²) in [4.78, 5) is 0. The molecule has 0 aromatic carbocycles. The SMILES string of the molecule is C=C=C(CCCC)CC(C)C#N. The molecule has 0 aromatic heterocycles. The molecule has 12 heavy (non-hydrogen) atoms. The number of rotatable bonds is 5. The van der Waals surface area contributed by atoms with Crippen LogP contribution in [0.4, 0.5) is 0 Å². The summed E-state index contributed by atoms with van der Waals surface area (Å²) >= 11 is 0. The zero-order valence-electron chi connectivity index (χ0n) is 8.06. The van der Waals surface area contributed by atoms with Crippen molar-refractivity contribution in [1.29, 1.82) is 5.26 Å². The lowest BCUT2D eigenvalue weighted by atomic mass is 9.99. The van der Waals surface area contributed by atoms with Crippen LogP contribution in [0.15, 0.2) is 17.9 Å². The Bertz CT molecular complexity index is 204. The summed E-state index contributed by atoms with van der Waals surface area (Å²) in [5.41, 5.74) is 4.12. The summed E-state index contributed by atoms with van der Waals surface area (Å²) in [5.74, 6) is 0.103. The van der Waals surface area contributed by atoms with Crippen molar-refractivity contribution in [2.75, 3.05) is 0 Å². The van der Waals surface area contributed by atoms with E-state index in [0.717, 1.165) is 12.8 Å². The molecular formula is C11H17N. The predicted octanol–water partition coefficient (Wildman–Crippen LogP) is 3.44. The molecular weight excluding hydrogens is 146 g/mol. The first kappa shape index (κ1) is 11.0. The van der Waals surface area contributed by atoms with Crippen molar-refractivity contribution in [3.8, 4) is 6.07 Å². The standard InChI is InChI=1S/C11H17N/c1-4-6-7-11(5-2)8-10(3)9-12/h10H,2,4,6-8H2,1,3H3. The van der Waals surface area contributed by atoms with Gasteiger partial charge in [-0.3, -0.25) is 0 Å². The van der Waals surface area contributed by atoms with Gasteiger partial charge in [0.2, 0.25) is 0 Å². The van der Waals surface area contributed by atoms with E-state index in [2.05, 4.69) is 25.3 Å². The van der Waals surface area contributed by atoms with Crippen LogP contribution in [0.5, 0.6) is 0 Å². The number of hydrogen-bond donors (Lipinski definition) is 0. The zero-order valence-corrected chi connectivity index (χ0v) is 8.06. The van der Waals surface area contributed by atoms with Crippen molar-refractivity contribution in [1.82, 2.24) is 0 Å². The molecule has 1 nitrogen and oxygen atoms in total. The summed E-state index contributed by atoms with van der Waals surface area (Å²) < 4.78 is 0. The Kier molecular flexibility index (Phi) is 6.15. The van der Waals surface area contributed by atoms with E-state index in [9.17, 15) is 0 Å². The Morgan fingerprint density at radius 1 is 1.58 bits per heavy atom. The lowest BCUT2D eigenvalue weighted by Gasteiger charge is -2.04. The second-order valence-corrected chi connectivity index (χ2v) is 3.12. The van der Waals surface area contributed by atoms with Gasteiger partial charge in [0.25, 0.3) is 0 Å². The van der Waals surface area contributed by atoms with Crippen LogP contribution < -0.4 is 0 Å². The average molecular weight is 163 g/mol. The minimum absolute atomic E-state index is 0.103. The van der Waals surface area contributed by atoms with E-state index < -0.39 is 0 Å². The normalized spacial score (nSPS) is 11.4. The fourth-order valence-electron chi connectivity index (χ4n) is 1.07. The topological polar surface area (TPSA) is 23.8 Å². The Morgan fingerprint density at radius 3 is 2.67 bits per heavy atom. The van der Waals surface area contributed by atoms with Crippen molar-refractivity contribution < 1.29 is 0 Å². The third kappa shape index (κ3) is 4.77. The molecule has 0 saturated heterocycles. The smallest absolute Gasteiger partial charge is 0.0656 e. The third-order valence-corrected chi connectivity index (χ3v) is 1.86. The summed E-state index contributed by atoms with van der Waals surface area (Å²) in [6, 6.07) is 2.22. The molecule has 1 unspecified atom stereocenters. The fourth-order valence-corrected chi connectivity index (χ4v) is 1.07. The van der Waals surface area contributed by atoms with E-state index >= 15 is 0 Å². The van der Waals surface area contributed by atoms with Gasteiger partial charge in [0.15, 0.2) is 0 Å². The molecule has 0 amide bonds. The molecule has 0 N–H and O–H groups in total. The van der Waals surface area contributed by atoms with Crippen LogP contribution >= 0.6 is 0 Å². The molecule has 0 radical (unpaired) electrons. The van der Waals surface area contributed by atoms with Gasteiger partial charge in [-0.2, -0.15) is 5.26 Å². The minimum atomic E-state index is 0.103. The van der Waals surface area contributed by atoms with E-state index in [1.54, 1.807) is 0 Å². The lowest BCUT2D eigenvalue weighted by molar-refractivity contribution is 0.678. The molecule has 0 bridgehead atoms. The highest BCUT2D eigenvalue weighted by Gasteiger charge is 2.03. The van der Waals surface area contributed by atoms with Crippen molar-refractivity contribution in [2.45, 2.75) is 39.5 Å². The Balaban J connectivity index is 3.87. The number of hydrogen-bond acceptors (Lipinski definition) is 1. The molecule has 0 heterocycles. The molecule has 1 heteroatoms. The van der Waals surface area contributed by atoms with Crippen LogP contribution in [0, 0.1) is 17.2 Å². The van der Waals surface area contributed by atoms with Crippen LogP contribution in [0.1, 0.15) is 39.5 Å². The first-order valence-electron chi connectivity index (χ1n) is 4.52. The molecule has 0 fully saturated rings. The molecule has 0 aliphatic rings. The molecule has 0 aromatic rings. The summed E-state index contributed by atoms with van der Waals surface area (Å²) in [5, 5.41) is 8.59. The van der Waals surface area contributed by atoms with Crippen LogP contribution in [0.2, 0.25) is 0 Å². The van der Waals surface area contributed by atoms with Crippen LogP contribution in [0.25, 0.3) is 0 Å². The molecule has 0 spiro atoms. The summed E-state index contributed by atoms with van der Waals surface area (Å²) in [7, 11) is 0. The van der Waals surface area contributed by atoms with Gasteiger partial charge in [0.05, 0.1) is 6.07 Å². The van der Waals surface area contributed by atoms with Crippen molar-refractivity contribution in [3.63, 3.8) is 0 Å². The predicted molar refractivity (Wildman–Crippen MR) is 51.6 cm³/mol. The fraction of sp³-hybridized carbons (Fsp3) is 0.636. The first-order valence-corrected chi connectivity index (χ1v) is 4.52.